The summed E-state index contributed by atoms with van der Waals surface area (Å²) in [5.74, 6) is 0.938. The molecule has 7 heteroatoms. The molecule has 1 aromatic heterocycles. The van der Waals surface area contributed by atoms with Crippen LogP contribution in [0.15, 0.2) is 33.7 Å². The number of hydrogen-bond donors (Lipinski definition) is 1. The molecule has 0 aliphatic carbocycles. The zero-order valence-electron chi connectivity index (χ0n) is 10.8. The van der Waals surface area contributed by atoms with Gasteiger partial charge < -0.3 is 9.26 Å². The van der Waals surface area contributed by atoms with Crippen molar-refractivity contribution in [3.63, 3.8) is 0 Å². The lowest BCUT2D eigenvalue weighted by molar-refractivity contribution is 0.399. The van der Waals surface area contributed by atoms with E-state index in [1.807, 2.05) is 0 Å². The molecule has 2 rings (SSSR count). The van der Waals surface area contributed by atoms with Crippen molar-refractivity contribution >= 4 is 15.8 Å². The van der Waals surface area contributed by atoms with Crippen LogP contribution in [0.1, 0.15) is 11.3 Å². The minimum Gasteiger partial charge on any atom is -0.495 e. The zero-order valence-corrected chi connectivity index (χ0v) is 11.6. The summed E-state index contributed by atoms with van der Waals surface area (Å²) < 4.78 is 36.8. The Bertz CT molecular complexity index is 692. The van der Waals surface area contributed by atoms with Gasteiger partial charge in [0.05, 0.1) is 7.11 Å². The summed E-state index contributed by atoms with van der Waals surface area (Å²) in [5, 5.41) is 3.60. The minimum absolute atomic E-state index is 0.0654. The number of aromatic nitrogens is 1. The summed E-state index contributed by atoms with van der Waals surface area (Å²) in [5.41, 5.74) is 0.817. The number of nitrogens with one attached hydrogen (secondary N) is 1. The number of rotatable bonds is 4. The molecule has 0 radical (unpaired) electrons. The van der Waals surface area contributed by atoms with Gasteiger partial charge in [0, 0.05) is 6.07 Å². The molecule has 0 amide bonds. The fraction of sp³-hybridized carbons (Fsp3) is 0.250. The first-order chi connectivity index (χ1) is 8.92. The largest absolute Gasteiger partial charge is 0.495 e. The second-order valence-corrected chi connectivity index (χ2v) is 5.73. The summed E-state index contributed by atoms with van der Waals surface area (Å²) in [6.07, 6.45) is 0. The van der Waals surface area contributed by atoms with Gasteiger partial charge in [0.2, 0.25) is 0 Å². The van der Waals surface area contributed by atoms with Gasteiger partial charge in [-0.15, -0.1) is 0 Å². The third-order valence-corrected chi connectivity index (χ3v) is 3.85. The van der Waals surface area contributed by atoms with Crippen LogP contribution >= 0.6 is 0 Å². The van der Waals surface area contributed by atoms with Crippen LogP contribution in [-0.4, -0.2) is 20.7 Å². The first kappa shape index (κ1) is 13.4. The van der Waals surface area contributed by atoms with Crippen molar-refractivity contribution in [1.29, 1.82) is 0 Å². The molecule has 6 nitrogen and oxygen atoms in total. The predicted octanol–water partition coefficient (Wildman–Crippen LogP) is 2.10. The number of ether oxygens (including phenoxy) is 1. The van der Waals surface area contributed by atoms with Crippen LogP contribution in [0.25, 0.3) is 0 Å². The fourth-order valence-corrected chi connectivity index (χ4v) is 2.84. The number of sulfonamides is 1. The van der Waals surface area contributed by atoms with Crippen molar-refractivity contribution in [3.8, 4) is 5.75 Å². The maximum atomic E-state index is 12.3. The summed E-state index contributed by atoms with van der Waals surface area (Å²) in [6, 6.07) is 6.42. The highest BCUT2D eigenvalue weighted by Gasteiger charge is 2.21. The third-order valence-electron chi connectivity index (χ3n) is 2.48. The summed E-state index contributed by atoms with van der Waals surface area (Å²) >= 11 is 0. The first-order valence-electron chi connectivity index (χ1n) is 5.53. The highest BCUT2D eigenvalue weighted by Crippen LogP contribution is 2.26. The van der Waals surface area contributed by atoms with Crippen LogP contribution < -0.4 is 9.46 Å². The lowest BCUT2D eigenvalue weighted by Crippen LogP contribution is -2.14. The van der Waals surface area contributed by atoms with Crippen molar-refractivity contribution in [2.24, 2.45) is 0 Å². The Balaban J connectivity index is 2.41. The van der Waals surface area contributed by atoms with Crippen LogP contribution in [0.2, 0.25) is 0 Å². The number of nitrogens with zero attached hydrogens (tertiary/aromatic N) is 1. The minimum atomic E-state index is -3.76. The Kier molecular flexibility index (Phi) is 3.48. The molecule has 1 heterocycles. The Morgan fingerprint density at radius 2 is 2.00 bits per heavy atom. The van der Waals surface area contributed by atoms with Crippen LogP contribution in [0.4, 0.5) is 5.82 Å². The Hall–Kier alpha value is -2.02. The highest BCUT2D eigenvalue weighted by molar-refractivity contribution is 7.92. The van der Waals surface area contributed by atoms with Gasteiger partial charge in [-0.05, 0) is 31.5 Å². The third kappa shape index (κ3) is 2.87. The molecule has 0 saturated heterocycles. The second kappa shape index (κ2) is 4.93. The molecule has 1 aromatic carbocycles. The lowest BCUT2D eigenvalue weighted by atomic mass is 10.2. The van der Waals surface area contributed by atoms with E-state index in [1.54, 1.807) is 26.0 Å². The van der Waals surface area contributed by atoms with Crippen LogP contribution in [0.3, 0.4) is 0 Å². The quantitative estimate of drug-likeness (QED) is 0.928. The van der Waals surface area contributed by atoms with Gasteiger partial charge in [-0.3, -0.25) is 4.72 Å². The van der Waals surface area contributed by atoms with Gasteiger partial charge in [-0.1, -0.05) is 11.2 Å². The predicted molar refractivity (Wildman–Crippen MR) is 69.8 cm³/mol. The molecule has 0 saturated carbocycles. The molecule has 19 heavy (non-hydrogen) atoms. The maximum Gasteiger partial charge on any atom is 0.266 e. The molecular weight excluding hydrogens is 268 g/mol. The number of aryl methyl sites for hydroxylation is 2. The first-order valence-corrected chi connectivity index (χ1v) is 7.01. The van der Waals surface area contributed by atoms with E-state index in [4.69, 9.17) is 9.26 Å². The molecule has 0 unspecified atom stereocenters. The van der Waals surface area contributed by atoms with Gasteiger partial charge in [-0.25, -0.2) is 8.42 Å². The van der Waals surface area contributed by atoms with Crippen molar-refractivity contribution in [1.82, 2.24) is 5.16 Å². The van der Waals surface area contributed by atoms with Crippen molar-refractivity contribution in [2.75, 3.05) is 11.8 Å². The molecule has 0 atom stereocenters. The monoisotopic (exact) mass is 282 g/mol. The average molecular weight is 282 g/mol. The molecular formula is C12H14N2O4S. The Morgan fingerprint density at radius 3 is 2.58 bits per heavy atom. The molecule has 0 fully saturated rings. The van der Waals surface area contributed by atoms with Gasteiger partial charge in [0.1, 0.15) is 16.4 Å². The van der Waals surface area contributed by atoms with E-state index in [1.165, 1.54) is 19.2 Å². The Labute approximate surface area is 111 Å². The fourth-order valence-electron chi connectivity index (χ4n) is 1.60. The van der Waals surface area contributed by atoms with Gasteiger partial charge in [-0.2, -0.15) is 0 Å². The van der Waals surface area contributed by atoms with E-state index < -0.39 is 10.0 Å². The van der Waals surface area contributed by atoms with Crippen LogP contribution in [0.5, 0.6) is 5.75 Å². The Morgan fingerprint density at radius 1 is 1.26 bits per heavy atom. The summed E-state index contributed by atoms with van der Waals surface area (Å²) in [6.45, 7) is 3.48. The zero-order chi connectivity index (χ0) is 14.0. The SMILES string of the molecule is COc1ccc(C)cc1S(=O)(=O)Nc1cc(C)on1. The number of benzene rings is 1. The van der Waals surface area contributed by atoms with Crippen molar-refractivity contribution in [2.45, 2.75) is 18.7 Å². The van der Waals surface area contributed by atoms with Crippen LogP contribution in [0, 0.1) is 13.8 Å². The van der Waals surface area contributed by atoms with E-state index in [0.717, 1.165) is 5.56 Å². The highest BCUT2D eigenvalue weighted by atomic mass is 32.2. The van der Waals surface area contributed by atoms with Crippen molar-refractivity contribution < 1.29 is 17.7 Å². The summed E-state index contributed by atoms with van der Waals surface area (Å²) in [4.78, 5) is 0.0654. The second-order valence-electron chi connectivity index (χ2n) is 4.08. The number of methoxy groups -OCH3 is 1. The van der Waals surface area contributed by atoms with Crippen molar-refractivity contribution in [3.05, 3.63) is 35.6 Å². The normalized spacial score (nSPS) is 11.3. The topological polar surface area (TPSA) is 81.4 Å². The van der Waals surface area contributed by atoms with Gasteiger partial charge >= 0.3 is 0 Å². The van der Waals surface area contributed by atoms with E-state index in [-0.39, 0.29) is 16.5 Å². The molecule has 0 aliphatic heterocycles. The van der Waals surface area contributed by atoms with Crippen LogP contribution in [-0.2, 0) is 10.0 Å². The van der Waals surface area contributed by atoms with E-state index in [9.17, 15) is 8.42 Å². The molecule has 0 aliphatic rings. The maximum absolute atomic E-state index is 12.3. The van der Waals surface area contributed by atoms with E-state index in [2.05, 4.69) is 9.88 Å². The van der Waals surface area contributed by atoms with Gasteiger partial charge in [0.25, 0.3) is 10.0 Å². The molecule has 0 spiro atoms. The number of hydrogen-bond acceptors (Lipinski definition) is 5. The molecule has 2 aromatic rings. The molecule has 102 valence electrons. The lowest BCUT2D eigenvalue weighted by Gasteiger charge is -2.10. The van der Waals surface area contributed by atoms with E-state index in [0.29, 0.717) is 5.76 Å². The summed E-state index contributed by atoms with van der Waals surface area (Å²) in [7, 11) is -2.34. The van der Waals surface area contributed by atoms with E-state index >= 15 is 0 Å². The standard InChI is InChI=1S/C12H14N2O4S/c1-8-4-5-10(17-3)11(6-8)19(15,16)14-12-7-9(2)18-13-12/h4-7H,1-3H3,(H,13,14). The smallest absolute Gasteiger partial charge is 0.266 e. The molecule has 0 bridgehead atoms. The van der Waals surface area contributed by atoms with Gasteiger partial charge in [0.15, 0.2) is 5.82 Å². The molecule has 1 N–H and O–H groups in total. The number of anilines is 1. The average Bonchev–Trinajstić information content (AvgIpc) is 2.74.